The highest BCUT2D eigenvalue weighted by Gasteiger charge is 2.27. The molecule has 6 nitrogen and oxygen atoms in total. The summed E-state index contributed by atoms with van der Waals surface area (Å²) in [4.78, 5) is 11.5. The van der Waals surface area contributed by atoms with E-state index in [2.05, 4.69) is 38.4 Å². The van der Waals surface area contributed by atoms with Crippen molar-refractivity contribution in [2.24, 2.45) is 0 Å². The smallest absolute Gasteiger partial charge is 0.133 e. The van der Waals surface area contributed by atoms with E-state index in [9.17, 15) is 0 Å². The number of aromatic nitrogens is 4. The van der Waals surface area contributed by atoms with Gasteiger partial charge in [-0.25, -0.2) is 9.97 Å². The Balaban J connectivity index is 1.27. The maximum atomic E-state index is 4.66. The predicted molar refractivity (Wildman–Crippen MR) is 89.4 cm³/mol. The maximum absolute atomic E-state index is 4.66. The molecule has 2 fully saturated rings. The van der Waals surface area contributed by atoms with Crippen LogP contribution >= 0.6 is 0 Å². The van der Waals surface area contributed by atoms with Crippen LogP contribution in [0.15, 0.2) is 24.7 Å². The van der Waals surface area contributed by atoms with Crippen LogP contribution in [0.1, 0.15) is 36.6 Å². The number of aryl methyl sites for hydroxylation is 1. The summed E-state index contributed by atoms with van der Waals surface area (Å²) in [6, 6.07) is 2.47. The van der Waals surface area contributed by atoms with E-state index in [0.29, 0.717) is 12.0 Å². The Labute approximate surface area is 136 Å². The number of hydrogen-bond acceptors (Lipinski definition) is 5. The molecule has 1 unspecified atom stereocenters. The van der Waals surface area contributed by atoms with Gasteiger partial charge < -0.3 is 5.32 Å². The van der Waals surface area contributed by atoms with Gasteiger partial charge in [-0.2, -0.15) is 5.10 Å². The van der Waals surface area contributed by atoms with Crippen molar-refractivity contribution in [3.63, 3.8) is 0 Å². The highest BCUT2D eigenvalue weighted by atomic mass is 15.3. The summed E-state index contributed by atoms with van der Waals surface area (Å²) in [5, 5.41) is 7.93. The summed E-state index contributed by atoms with van der Waals surface area (Å²) < 4.78 is 2.03. The van der Waals surface area contributed by atoms with E-state index in [4.69, 9.17) is 0 Å². The molecule has 1 saturated heterocycles. The number of anilines is 1. The third-order valence-electron chi connectivity index (χ3n) is 4.65. The van der Waals surface area contributed by atoms with E-state index in [1.807, 2.05) is 23.1 Å². The molecule has 1 aliphatic carbocycles. The average Bonchev–Trinajstić information content (AvgIpc) is 3.19. The second kappa shape index (κ2) is 6.28. The van der Waals surface area contributed by atoms with Crippen LogP contribution in [0.3, 0.4) is 0 Å². The quantitative estimate of drug-likeness (QED) is 0.884. The maximum Gasteiger partial charge on any atom is 0.133 e. The molecule has 0 spiro atoms. The molecule has 1 aliphatic heterocycles. The lowest BCUT2D eigenvalue weighted by Gasteiger charge is -2.17. The molecule has 1 N–H and O–H groups in total. The van der Waals surface area contributed by atoms with Crippen LogP contribution in [-0.4, -0.2) is 50.3 Å². The Bertz CT molecular complexity index is 663. The predicted octanol–water partition coefficient (Wildman–Crippen LogP) is 2.05. The average molecular weight is 312 g/mol. The molecule has 1 saturated carbocycles. The zero-order valence-corrected chi connectivity index (χ0v) is 13.6. The minimum Gasteiger partial charge on any atom is -0.366 e. The first-order valence-corrected chi connectivity index (χ1v) is 8.57. The van der Waals surface area contributed by atoms with Crippen molar-refractivity contribution in [3.05, 3.63) is 36.0 Å². The van der Waals surface area contributed by atoms with Gasteiger partial charge in [-0.15, -0.1) is 0 Å². The van der Waals surface area contributed by atoms with Crippen molar-refractivity contribution < 1.29 is 0 Å². The molecule has 0 amide bonds. The zero-order chi connectivity index (χ0) is 15.6. The molecule has 0 bridgehead atoms. The lowest BCUT2D eigenvalue weighted by Crippen LogP contribution is -2.29. The van der Waals surface area contributed by atoms with E-state index >= 15 is 0 Å². The summed E-state index contributed by atoms with van der Waals surface area (Å²) in [7, 11) is 0. The van der Waals surface area contributed by atoms with Gasteiger partial charge in [0.05, 0.1) is 12.7 Å². The van der Waals surface area contributed by atoms with Crippen LogP contribution in [0, 0.1) is 6.92 Å². The molecule has 6 heteroatoms. The molecule has 122 valence electrons. The summed E-state index contributed by atoms with van der Waals surface area (Å²) in [5.41, 5.74) is 1.22. The van der Waals surface area contributed by atoms with Crippen molar-refractivity contribution >= 4 is 5.82 Å². The Morgan fingerprint density at radius 2 is 2.17 bits per heavy atom. The fourth-order valence-electron chi connectivity index (χ4n) is 3.19. The summed E-state index contributed by atoms with van der Waals surface area (Å²) in [5.74, 6) is 2.60. The third-order valence-corrected chi connectivity index (χ3v) is 4.65. The Morgan fingerprint density at radius 1 is 1.26 bits per heavy atom. The fourth-order valence-corrected chi connectivity index (χ4v) is 3.19. The van der Waals surface area contributed by atoms with Crippen LogP contribution in [0.2, 0.25) is 0 Å². The largest absolute Gasteiger partial charge is 0.366 e. The highest BCUT2D eigenvalue weighted by molar-refractivity contribution is 5.35. The van der Waals surface area contributed by atoms with Crippen molar-refractivity contribution in [3.8, 4) is 0 Å². The monoisotopic (exact) mass is 312 g/mol. The van der Waals surface area contributed by atoms with E-state index in [0.717, 1.165) is 37.8 Å². The molecule has 1 atom stereocenters. The lowest BCUT2D eigenvalue weighted by molar-refractivity contribution is 0.313. The number of rotatable bonds is 6. The molecule has 2 aliphatic rings. The Morgan fingerprint density at radius 3 is 2.96 bits per heavy atom. The van der Waals surface area contributed by atoms with Gasteiger partial charge in [0, 0.05) is 44.0 Å². The standard InChI is InChI=1S/C17H24N6/c1-13-10-19-23(11-13)9-8-22-7-5-15(12-22)20-16-4-6-18-17(21-16)14-2-3-14/h4,6,10-11,14-15H,2-3,5,7-9,12H2,1H3,(H,18,20,21). The van der Waals surface area contributed by atoms with Gasteiger partial charge in [0.15, 0.2) is 0 Å². The van der Waals surface area contributed by atoms with Gasteiger partial charge in [0.25, 0.3) is 0 Å². The normalized spacial score (nSPS) is 21.7. The minimum absolute atomic E-state index is 0.483. The molecule has 2 aromatic rings. The van der Waals surface area contributed by atoms with Gasteiger partial charge in [-0.3, -0.25) is 9.58 Å². The molecule has 23 heavy (non-hydrogen) atoms. The van der Waals surface area contributed by atoms with Crippen LogP contribution < -0.4 is 5.32 Å². The Hall–Kier alpha value is -1.95. The first-order valence-electron chi connectivity index (χ1n) is 8.57. The molecule has 2 aromatic heterocycles. The molecular formula is C17H24N6. The van der Waals surface area contributed by atoms with Crippen LogP contribution in [0.4, 0.5) is 5.82 Å². The topological polar surface area (TPSA) is 58.9 Å². The minimum atomic E-state index is 0.483. The van der Waals surface area contributed by atoms with Crippen molar-refractivity contribution in [1.29, 1.82) is 0 Å². The SMILES string of the molecule is Cc1cnn(CCN2CCC(Nc3ccnc(C4CC4)n3)C2)c1. The van der Waals surface area contributed by atoms with Crippen molar-refractivity contribution in [2.45, 2.75) is 44.7 Å². The molecule has 0 aromatic carbocycles. The number of nitrogens with zero attached hydrogens (tertiary/aromatic N) is 5. The summed E-state index contributed by atoms with van der Waals surface area (Å²) >= 11 is 0. The lowest BCUT2D eigenvalue weighted by atomic mass is 10.2. The van der Waals surface area contributed by atoms with Gasteiger partial charge >= 0.3 is 0 Å². The van der Waals surface area contributed by atoms with Gasteiger partial charge in [0.2, 0.25) is 0 Å². The summed E-state index contributed by atoms with van der Waals surface area (Å²) in [6.45, 7) is 6.30. The first-order chi connectivity index (χ1) is 11.3. The number of likely N-dealkylation sites (tertiary alicyclic amines) is 1. The highest BCUT2D eigenvalue weighted by Crippen LogP contribution is 2.38. The zero-order valence-electron chi connectivity index (χ0n) is 13.6. The molecule has 0 radical (unpaired) electrons. The second-order valence-electron chi connectivity index (χ2n) is 6.79. The van der Waals surface area contributed by atoms with Crippen LogP contribution in [0.25, 0.3) is 0 Å². The number of nitrogens with one attached hydrogen (secondary N) is 1. The Kier molecular flexibility index (Phi) is 3.99. The van der Waals surface area contributed by atoms with E-state index in [1.54, 1.807) is 0 Å². The fraction of sp³-hybridized carbons (Fsp3) is 0.588. The summed E-state index contributed by atoms with van der Waals surface area (Å²) in [6.07, 6.45) is 9.56. The van der Waals surface area contributed by atoms with E-state index in [1.165, 1.54) is 24.8 Å². The molecule has 3 heterocycles. The van der Waals surface area contributed by atoms with Crippen LogP contribution in [0.5, 0.6) is 0 Å². The third kappa shape index (κ3) is 3.69. The van der Waals surface area contributed by atoms with Crippen molar-refractivity contribution in [2.75, 3.05) is 25.0 Å². The molecule has 4 rings (SSSR count). The van der Waals surface area contributed by atoms with E-state index < -0.39 is 0 Å². The first kappa shape index (κ1) is 14.6. The van der Waals surface area contributed by atoms with Crippen molar-refractivity contribution in [1.82, 2.24) is 24.6 Å². The van der Waals surface area contributed by atoms with Gasteiger partial charge in [-0.1, -0.05) is 0 Å². The van der Waals surface area contributed by atoms with E-state index in [-0.39, 0.29) is 0 Å². The van der Waals surface area contributed by atoms with Gasteiger partial charge in [-0.05, 0) is 37.8 Å². The number of hydrogen-bond donors (Lipinski definition) is 1. The second-order valence-corrected chi connectivity index (χ2v) is 6.79. The van der Waals surface area contributed by atoms with Gasteiger partial charge in [0.1, 0.15) is 11.6 Å². The molecular weight excluding hydrogens is 288 g/mol. The van der Waals surface area contributed by atoms with Crippen LogP contribution in [-0.2, 0) is 6.54 Å².